The van der Waals surface area contributed by atoms with Gasteiger partial charge in [0.25, 0.3) is 0 Å². The zero-order valence-electron chi connectivity index (χ0n) is 10.8. The number of carbonyl (C=O) groups excluding carboxylic acids is 1. The summed E-state index contributed by atoms with van der Waals surface area (Å²) in [5, 5.41) is 3.10. The van der Waals surface area contributed by atoms with Gasteiger partial charge in [-0.2, -0.15) is 0 Å². The first-order chi connectivity index (χ1) is 7.49. The van der Waals surface area contributed by atoms with Crippen LogP contribution in [0.4, 0.5) is 0 Å². The fourth-order valence-corrected chi connectivity index (χ4v) is 2.27. The number of amides is 1. The van der Waals surface area contributed by atoms with E-state index < -0.39 is 0 Å². The third kappa shape index (κ3) is 4.52. The molecule has 0 spiro atoms. The first-order valence-electron chi connectivity index (χ1n) is 6.55. The molecule has 3 heteroatoms. The van der Waals surface area contributed by atoms with Crippen molar-refractivity contribution in [3.05, 3.63) is 0 Å². The maximum absolute atomic E-state index is 11.9. The highest BCUT2D eigenvalue weighted by Gasteiger charge is 2.28. The summed E-state index contributed by atoms with van der Waals surface area (Å²) in [6.07, 6.45) is 5.07. The van der Waals surface area contributed by atoms with Crippen molar-refractivity contribution < 1.29 is 4.79 Å². The van der Waals surface area contributed by atoms with E-state index in [1.54, 1.807) is 0 Å². The Morgan fingerprint density at radius 3 is 2.50 bits per heavy atom. The van der Waals surface area contributed by atoms with Gasteiger partial charge >= 0.3 is 0 Å². The van der Waals surface area contributed by atoms with Crippen molar-refractivity contribution in [3.63, 3.8) is 0 Å². The van der Waals surface area contributed by atoms with Crippen LogP contribution in [0.25, 0.3) is 0 Å². The second-order valence-corrected chi connectivity index (χ2v) is 5.65. The van der Waals surface area contributed by atoms with Crippen molar-refractivity contribution in [2.45, 2.75) is 65.0 Å². The molecule has 1 aliphatic carbocycles. The Morgan fingerprint density at radius 2 is 2.00 bits per heavy atom. The Morgan fingerprint density at radius 1 is 1.31 bits per heavy atom. The largest absolute Gasteiger partial charge is 0.353 e. The van der Waals surface area contributed by atoms with Crippen molar-refractivity contribution >= 4 is 5.91 Å². The summed E-state index contributed by atoms with van der Waals surface area (Å²) in [6.45, 7) is 6.52. The van der Waals surface area contributed by atoms with E-state index in [2.05, 4.69) is 26.1 Å². The lowest BCUT2D eigenvalue weighted by Crippen LogP contribution is -2.37. The third-order valence-electron chi connectivity index (χ3n) is 3.41. The standard InChI is InChI=1S/C13H26N2O/c1-9(2)4-5-10(3)15-13(16)11-6-7-12(14)8-11/h9-12H,4-8,14H2,1-3H3,(H,15,16). The van der Waals surface area contributed by atoms with Crippen molar-refractivity contribution in [1.29, 1.82) is 0 Å². The second kappa shape index (κ2) is 6.24. The fourth-order valence-electron chi connectivity index (χ4n) is 2.27. The highest BCUT2D eigenvalue weighted by molar-refractivity contribution is 5.79. The Hall–Kier alpha value is -0.570. The van der Waals surface area contributed by atoms with E-state index in [-0.39, 0.29) is 17.9 Å². The van der Waals surface area contributed by atoms with E-state index in [4.69, 9.17) is 5.73 Å². The predicted octanol–water partition coefficient (Wildman–Crippen LogP) is 2.05. The highest BCUT2D eigenvalue weighted by atomic mass is 16.1. The summed E-state index contributed by atoms with van der Waals surface area (Å²) in [6, 6.07) is 0.536. The smallest absolute Gasteiger partial charge is 0.223 e. The summed E-state index contributed by atoms with van der Waals surface area (Å²) in [5.74, 6) is 1.08. The Balaban J connectivity index is 2.23. The van der Waals surface area contributed by atoms with E-state index in [0.717, 1.165) is 25.7 Å². The zero-order chi connectivity index (χ0) is 12.1. The fraction of sp³-hybridized carbons (Fsp3) is 0.923. The van der Waals surface area contributed by atoms with E-state index in [1.165, 1.54) is 6.42 Å². The molecule has 1 saturated carbocycles. The van der Waals surface area contributed by atoms with Crippen LogP contribution in [0.2, 0.25) is 0 Å². The maximum Gasteiger partial charge on any atom is 0.223 e. The zero-order valence-corrected chi connectivity index (χ0v) is 10.8. The van der Waals surface area contributed by atoms with Gasteiger partial charge in [0.15, 0.2) is 0 Å². The molecule has 3 unspecified atom stereocenters. The van der Waals surface area contributed by atoms with Gasteiger partial charge in [0.05, 0.1) is 0 Å². The molecule has 3 nitrogen and oxygen atoms in total. The van der Waals surface area contributed by atoms with Gasteiger partial charge in [-0.05, 0) is 44.9 Å². The lowest BCUT2D eigenvalue weighted by atomic mass is 10.0. The van der Waals surface area contributed by atoms with Crippen LogP contribution < -0.4 is 11.1 Å². The number of hydrogen-bond acceptors (Lipinski definition) is 2. The van der Waals surface area contributed by atoms with E-state index >= 15 is 0 Å². The van der Waals surface area contributed by atoms with Crippen molar-refractivity contribution in [3.8, 4) is 0 Å². The summed E-state index contributed by atoms with van der Waals surface area (Å²) in [5.41, 5.74) is 5.81. The SMILES string of the molecule is CC(C)CCC(C)NC(=O)C1CCC(N)C1. The molecule has 0 aromatic carbocycles. The molecule has 0 heterocycles. The van der Waals surface area contributed by atoms with Crippen LogP contribution in [0, 0.1) is 11.8 Å². The van der Waals surface area contributed by atoms with Gasteiger partial charge in [-0.3, -0.25) is 4.79 Å². The molecule has 0 saturated heterocycles. The molecule has 3 N–H and O–H groups in total. The van der Waals surface area contributed by atoms with Crippen molar-refractivity contribution in [1.82, 2.24) is 5.32 Å². The summed E-state index contributed by atoms with van der Waals surface area (Å²) in [7, 11) is 0. The maximum atomic E-state index is 11.9. The molecule has 1 amide bonds. The average Bonchev–Trinajstić information content (AvgIpc) is 2.62. The average molecular weight is 226 g/mol. The van der Waals surface area contributed by atoms with Crippen LogP contribution in [0.15, 0.2) is 0 Å². The molecule has 0 aromatic rings. The predicted molar refractivity (Wildman–Crippen MR) is 67.0 cm³/mol. The minimum atomic E-state index is 0.163. The lowest BCUT2D eigenvalue weighted by Gasteiger charge is -2.17. The molecule has 0 radical (unpaired) electrons. The first kappa shape index (κ1) is 13.5. The van der Waals surface area contributed by atoms with Crippen LogP contribution in [-0.2, 0) is 4.79 Å². The minimum absolute atomic E-state index is 0.163. The van der Waals surface area contributed by atoms with E-state index in [1.807, 2.05) is 0 Å². The van der Waals surface area contributed by atoms with Gasteiger partial charge in [0, 0.05) is 18.0 Å². The number of hydrogen-bond donors (Lipinski definition) is 2. The van der Waals surface area contributed by atoms with Crippen LogP contribution in [0.1, 0.15) is 52.9 Å². The Bertz CT molecular complexity index is 228. The molecule has 0 aromatic heterocycles. The van der Waals surface area contributed by atoms with Gasteiger partial charge < -0.3 is 11.1 Å². The quantitative estimate of drug-likeness (QED) is 0.754. The summed E-state index contributed by atoms with van der Waals surface area (Å²) in [4.78, 5) is 11.9. The van der Waals surface area contributed by atoms with E-state index in [9.17, 15) is 4.79 Å². The third-order valence-corrected chi connectivity index (χ3v) is 3.41. The molecule has 0 bridgehead atoms. The molecular formula is C13H26N2O. The number of nitrogens with two attached hydrogens (primary N) is 1. The van der Waals surface area contributed by atoms with Crippen LogP contribution >= 0.6 is 0 Å². The molecule has 1 fully saturated rings. The van der Waals surface area contributed by atoms with Gasteiger partial charge in [0.2, 0.25) is 5.91 Å². The Kier molecular flexibility index (Phi) is 5.26. The molecule has 94 valence electrons. The molecule has 0 aliphatic heterocycles. The van der Waals surface area contributed by atoms with Crippen LogP contribution in [0.3, 0.4) is 0 Å². The molecule has 16 heavy (non-hydrogen) atoms. The number of carbonyl (C=O) groups is 1. The van der Waals surface area contributed by atoms with Gasteiger partial charge in [-0.15, -0.1) is 0 Å². The molecule has 1 aliphatic rings. The minimum Gasteiger partial charge on any atom is -0.353 e. The number of rotatable bonds is 5. The number of nitrogens with one attached hydrogen (secondary N) is 1. The Labute approximate surface area is 99.2 Å². The molecule has 1 rings (SSSR count). The first-order valence-corrected chi connectivity index (χ1v) is 6.55. The highest BCUT2D eigenvalue weighted by Crippen LogP contribution is 2.24. The summed E-state index contributed by atoms with van der Waals surface area (Å²) >= 11 is 0. The van der Waals surface area contributed by atoms with Gasteiger partial charge in [-0.1, -0.05) is 13.8 Å². The lowest BCUT2D eigenvalue weighted by molar-refractivity contribution is -0.125. The van der Waals surface area contributed by atoms with Crippen molar-refractivity contribution in [2.75, 3.05) is 0 Å². The van der Waals surface area contributed by atoms with E-state index in [0.29, 0.717) is 12.0 Å². The van der Waals surface area contributed by atoms with Crippen molar-refractivity contribution in [2.24, 2.45) is 17.6 Å². The topological polar surface area (TPSA) is 55.1 Å². The monoisotopic (exact) mass is 226 g/mol. The van der Waals surface area contributed by atoms with Gasteiger partial charge in [0.1, 0.15) is 0 Å². The summed E-state index contributed by atoms with van der Waals surface area (Å²) < 4.78 is 0. The molecular weight excluding hydrogens is 200 g/mol. The van der Waals surface area contributed by atoms with Crippen LogP contribution in [-0.4, -0.2) is 18.0 Å². The second-order valence-electron chi connectivity index (χ2n) is 5.65. The molecule has 3 atom stereocenters. The van der Waals surface area contributed by atoms with Crippen LogP contribution in [0.5, 0.6) is 0 Å². The van der Waals surface area contributed by atoms with Gasteiger partial charge in [-0.25, -0.2) is 0 Å². The normalized spacial score (nSPS) is 27.1.